The minimum absolute atomic E-state index is 0.0163. The van der Waals surface area contributed by atoms with Crippen LogP contribution in [0.1, 0.15) is 36.5 Å². The summed E-state index contributed by atoms with van der Waals surface area (Å²) in [5.74, 6) is -0.964. The number of Topliss-reactive ketones (excluding diaryl/α,β-unsaturated/α-hetero) is 1. The Morgan fingerprint density at radius 1 is 1.07 bits per heavy atom. The summed E-state index contributed by atoms with van der Waals surface area (Å²) in [7, 11) is 0. The van der Waals surface area contributed by atoms with Gasteiger partial charge in [0.1, 0.15) is 23.5 Å². The zero-order valence-corrected chi connectivity index (χ0v) is 21.8. The number of hydrogen-bond acceptors (Lipinski definition) is 6. The minimum atomic E-state index is -4.69. The van der Waals surface area contributed by atoms with Gasteiger partial charge in [-0.3, -0.25) is 14.5 Å². The van der Waals surface area contributed by atoms with Gasteiger partial charge in [0.2, 0.25) is 5.91 Å². The molecule has 214 valence electrons. The van der Waals surface area contributed by atoms with Crippen LogP contribution >= 0.6 is 0 Å². The first kappa shape index (κ1) is 28.1. The van der Waals surface area contributed by atoms with E-state index < -0.39 is 35.5 Å². The van der Waals surface area contributed by atoms with Gasteiger partial charge in [-0.15, -0.1) is 0 Å². The number of rotatable bonds is 9. The highest BCUT2D eigenvalue weighted by Crippen LogP contribution is 2.35. The van der Waals surface area contributed by atoms with Gasteiger partial charge in [-0.25, -0.2) is 14.2 Å². The first-order valence-corrected chi connectivity index (χ1v) is 12.9. The molecule has 2 aliphatic rings. The second kappa shape index (κ2) is 11.2. The molecular formula is C29H25F4N3O5. The van der Waals surface area contributed by atoms with Crippen molar-refractivity contribution < 1.29 is 41.4 Å². The molecule has 8 nitrogen and oxygen atoms in total. The number of carbonyl (C=O) groups excluding carboxylic acids is 3. The summed E-state index contributed by atoms with van der Waals surface area (Å²) in [5, 5.41) is 2.68. The summed E-state index contributed by atoms with van der Waals surface area (Å²) in [6.45, 7) is 1.70. The lowest BCUT2D eigenvalue weighted by Gasteiger charge is -2.17. The highest BCUT2D eigenvalue weighted by atomic mass is 19.4. The highest BCUT2D eigenvalue weighted by Gasteiger charge is 2.35. The average Bonchev–Trinajstić information content (AvgIpc) is 3.69. The number of halogens is 4. The average molecular weight is 572 g/mol. The van der Waals surface area contributed by atoms with E-state index in [9.17, 15) is 31.9 Å². The molecule has 0 radical (unpaired) electrons. The number of pyridine rings is 1. The van der Waals surface area contributed by atoms with Gasteiger partial charge in [0.15, 0.2) is 11.6 Å². The molecule has 3 aromatic rings. The number of anilines is 2. The Hall–Kier alpha value is -4.48. The number of carbonyl (C=O) groups is 3. The predicted molar refractivity (Wildman–Crippen MR) is 139 cm³/mol. The summed E-state index contributed by atoms with van der Waals surface area (Å²) in [6.07, 6.45) is -3.47. The molecule has 1 saturated carbocycles. The monoisotopic (exact) mass is 571 g/mol. The van der Waals surface area contributed by atoms with Crippen LogP contribution in [0.3, 0.4) is 0 Å². The molecule has 1 aromatic heterocycles. The number of nitrogens with one attached hydrogen (secondary N) is 1. The van der Waals surface area contributed by atoms with Crippen LogP contribution in [-0.4, -0.2) is 35.4 Å². The topological polar surface area (TPSA) is 97.8 Å². The van der Waals surface area contributed by atoms with E-state index in [1.54, 1.807) is 6.92 Å². The third-order valence-corrected chi connectivity index (χ3v) is 6.54. The molecule has 2 heterocycles. The van der Waals surface area contributed by atoms with E-state index in [0.29, 0.717) is 5.56 Å². The minimum Gasteiger partial charge on any atom is -0.454 e. The van der Waals surface area contributed by atoms with Crippen LogP contribution in [0.25, 0.3) is 0 Å². The quantitative estimate of drug-likeness (QED) is 0.313. The zero-order chi connectivity index (χ0) is 29.3. The Bertz CT molecular complexity index is 1510. The third-order valence-electron chi connectivity index (χ3n) is 6.54. The number of ether oxygens (including phenoxy) is 2. The van der Waals surface area contributed by atoms with Crippen LogP contribution < -0.4 is 15.0 Å². The van der Waals surface area contributed by atoms with Crippen molar-refractivity contribution in [3.63, 3.8) is 0 Å². The molecule has 2 amide bonds. The van der Waals surface area contributed by atoms with Crippen LogP contribution in [0.15, 0.2) is 54.7 Å². The number of amides is 2. The maximum Gasteiger partial charge on any atom is 0.416 e. The number of nitrogens with zero attached hydrogens (tertiary/aromatic N) is 2. The first-order chi connectivity index (χ1) is 19.4. The Labute approximate surface area is 232 Å². The molecule has 1 atom stereocenters. The number of cyclic esters (lactones) is 1. The molecule has 0 bridgehead atoms. The number of benzene rings is 2. The molecule has 2 fully saturated rings. The van der Waals surface area contributed by atoms with Gasteiger partial charge in [0, 0.05) is 36.7 Å². The van der Waals surface area contributed by atoms with E-state index in [1.165, 1.54) is 36.5 Å². The molecule has 41 heavy (non-hydrogen) atoms. The SMILES string of the molecule is CC1CN(c2cc(CC(=O)Cc3ccc(Oc4ccnc(NC(=O)C5CC5)c4)c(F)c3)cc(C(F)(F)F)c2)C(=O)O1. The first-order valence-electron chi connectivity index (χ1n) is 12.9. The zero-order valence-electron chi connectivity index (χ0n) is 21.8. The fourth-order valence-corrected chi connectivity index (χ4v) is 4.41. The van der Waals surface area contributed by atoms with E-state index in [4.69, 9.17) is 9.47 Å². The molecule has 1 N–H and O–H groups in total. The normalized spacial score (nSPS) is 16.9. The Kier molecular flexibility index (Phi) is 7.65. The van der Waals surface area contributed by atoms with Crippen molar-refractivity contribution in [2.24, 2.45) is 5.92 Å². The smallest absolute Gasteiger partial charge is 0.416 e. The fourth-order valence-electron chi connectivity index (χ4n) is 4.41. The van der Waals surface area contributed by atoms with E-state index in [0.717, 1.165) is 35.9 Å². The van der Waals surface area contributed by atoms with Crippen LogP contribution in [0.2, 0.25) is 0 Å². The predicted octanol–water partition coefficient (Wildman–Crippen LogP) is 6.08. The van der Waals surface area contributed by atoms with Gasteiger partial charge >= 0.3 is 12.3 Å². The molecule has 12 heteroatoms. The molecule has 0 spiro atoms. The molecular weight excluding hydrogens is 546 g/mol. The summed E-state index contributed by atoms with van der Waals surface area (Å²) in [5.41, 5.74) is -0.647. The molecule has 1 aliphatic carbocycles. The summed E-state index contributed by atoms with van der Waals surface area (Å²) >= 11 is 0. The van der Waals surface area contributed by atoms with Crippen molar-refractivity contribution >= 4 is 29.3 Å². The molecule has 1 saturated heterocycles. The third kappa shape index (κ3) is 7.00. The lowest BCUT2D eigenvalue weighted by atomic mass is 10.00. The second-order valence-electron chi connectivity index (χ2n) is 10.1. The van der Waals surface area contributed by atoms with Crippen molar-refractivity contribution in [2.45, 2.75) is 44.9 Å². The summed E-state index contributed by atoms with van der Waals surface area (Å²) < 4.78 is 66.1. The lowest BCUT2D eigenvalue weighted by molar-refractivity contribution is -0.137. The van der Waals surface area contributed by atoms with Crippen LogP contribution in [0.4, 0.5) is 33.9 Å². The van der Waals surface area contributed by atoms with Crippen LogP contribution in [-0.2, 0) is 33.3 Å². The molecule has 1 aliphatic heterocycles. The van der Waals surface area contributed by atoms with E-state index >= 15 is 0 Å². The fraction of sp³-hybridized carbons (Fsp3) is 0.310. The molecule has 1 unspecified atom stereocenters. The lowest BCUT2D eigenvalue weighted by Crippen LogP contribution is -2.25. The summed E-state index contributed by atoms with van der Waals surface area (Å²) in [6, 6.07) is 9.94. The van der Waals surface area contributed by atoms with E-state index in [2.05, 4.69) is 10.3 Å². The number of aromatic nitrogens is 1. The molecule has 5 rings (SSSR count). The van der Waals surface area contributed by atoms with Gasteiger partial charge in [-0.1, -0.05) is 6.07 Å². The van der Waals surface area contributed by atoms with Crippen molar-refractivity contribution in [3.8, 4) is 11.5 Å². The van der Waals surface area contributed by atoms with Crippen molar-refractivity contribution in [1.82, 2.24) is 4.98 Å². The van der Waals surface area contributed by atoms with Gasteiger partial charge in [0.05, 0.1) is 12.1 Å². The van der Waals surface area contributed by atoms with Gasteiger partial charge in [-0.2, -0.15) is 13.2 Å². The van der Waals surface area contributed by atoms with Gasteiger partial charge in [0.25, 0.3) is 0 Å². The largest absolute Gasteiger partial charge is 0.454 e. The maximum absolute atomic E-state index is 14.8. The number of hydrogen-bond donors (Lipinski definition) is 1. The van der Waals surface area contributed by atoms with Gasteiger partial charge in [-0.05, 0) is 67.3 Å². The highest BCUT2D eigenvalue weighted by molar-refractivity contribution is 5.93. The van der Waals surface area contributed by atoms with Gasteiger partial charge < -0.3 is 14.8 Å². The number of ketones is 1. The summed E-state index contributed by atoms with van der Waals surface area (Å²) in [4.78, 5) is 41.9. The standard InChI is InChI=1S/C29H25F4N3O5/c1-16-15-36(28(39)40-16)21-9-18(8-20(13-21)29(31,32)33)11-22(37)10-17-2-5-25(24(30)12-17)41-23-6-7-34-26(14-23)35-27(38)19-3-4-19/h2,5-9,12-14,16,19H,3-4,10-11,15H2,1H3,(H,34,35,38). The van der Waals surface area contributed by atoms with Crippen LogP contribution in [0, 0.1) is 11.7 Å². The van der Waals surface area contributed by atoms with Crippen molar-refractivity contribution in [3.05, 3.63) is 77.2 Å². The Morgan fingerprint density at radius 2 is 1.83 bits per heavy atom. The van der Waals surface area contributed by atoms with E-state index in [-0.39, 0.29) is 59.8 Å². The van der Waals surface area contributed by atoms with Crippen molar-refractivity contribution in [1.29, 1.82) is 0 Å². The van der Waals surface area contributed by atoms with E-state index in [1.807, 2.05) is 0 Å². The van der Waals surface area contributed by atoms with Crippen molar-refractivity contribution in [2.75, 3.05) is 16.8 Å². The van der Waals surface area contributed by atoms with Crippen LogP contribution in [0.5, 0.6) is 11.5 Å². The Balaban J connectivity index is 1.26. The number of alkyl halides is 3. The maximum atomic E-state index is 14.8. The Morgan fingerprint density at radius 3 is 2.49 bits per heavy atom. The second-order valence-corrected chi connectivity index (χ2v) is 10.1. The molecule has 2 aromatic carbocycles.